The van der Waals surface area contributed by atoms with Crippen molar-refractivity contribution in [1.82, 2.24) is 25.3 Å². The molecule has 39 heavy (non-hydrogen) atoms. The van der Waals surface area contributed by atoms with Gasteiger partial charge in [0.1, 0.15) is 18.1 Å². The number of piperazine rings is 1. The Kier molecular flexibility index (Phi) is 6.80. The van der Waals surface area contributed by atoms with Crippen LogP contribution in [0.25, 0.3) is 5.57 Å². The van der Waals surface area contributed by atoms with E-state index in [-0.39, 0.29) is 12.5 Å². The smallest absolute Gasteiger partial charge is 0.272 e. The number of benzene rings is 1. The molecule has 0 spiro atoms. The molecule has 3 aromatic rings. The third-order valence-corrected chi connectivity index (χ3v) is 7.74. The fourth-order valence-corrected chi connectivity index (χ4v) is 5.45. The molecule has 4 heterocycles. The molecule has 9 heteroatoms. The van der Waals surface area contributed by atoms with E-state index in [4.69, 9.17) is 4.74 Å². The standard InChI is InChI=1S/C30H33N5O4/c1-30(23-10-12-31-13-11-23)27(28-29(38)34(17-24(37)18-36)14-15-35(28)33-30)22-5-7-25(8-6-22)39-19-20-2-9-26(32-16-20)21-3-4-21/h2,5-13,16,21,24,33,36-37H,3-4,14-15,17-19H2,1H3. The lowest BCUT2D eigenvalue weighted by Gasteiger charge is -2.36. The Morgan fingerprint density at radius 3 is 2.54 bits per heavy atom. The topological polar surface area (TPSA) is 111 Å². The van der Waals surface area contributed by atoms with E-state index in [9.17, 15) is 15.0 Å². The number of amides is 1. The monoisotopic (exact) mass is 527 g/mol. The number of aliphatic hydroxyl groups excluding tert-OH is 2. The lowest BCUT2D eigenvalue weighted by atomic mass is 9.81. The van der Waals surface area contributed by atoms with Crippen LogP contribution in [0.3, 0.4) is 0 Å². The van der Waals surface area contributed by atoms with E-state index in [0.717, 1.165) is 33.7 Å². The number of hydrazine groups is 1. The van der Waals surface area contributed by atoms with E-state index in [0.29, 0.717) is 31.3 Å². The molecule has 2 aliphatic heterocycles. The molecule has 3 aliphatic rings. The third kappa shape index (κ3) is 5.01. The molecule has 9 nitrogen and oxygen atoms in total. The first kappa shape index (κ1) is 25.5. The molecule has 1 saturated carbocycles. The molecule has 1 aliphatic carbocycles. The highest BCUT2D eigenvalue weighted by Crippen LogP contribution is 2.45. The summed E-state index contributed by atoms with van der Waals surface area (Å²) in [6.45, 7) is 3.17. The number of pyridine rings is 2. The number of aromatic nitrogens is 2. The van der Waals surface area contributed by atoms with Crippen molar-refractivity contribution >= 4 is 11.5 Å². The quantitative estimate of drug-likeness (QED) is 0.390. The first-order valence-electron chi connectivity index (χ1n) is 13.4. The van der Waals surface area contributed by atoms with Crippen molar-refractivity contribution in [1.29, 1.82) is 0 Å². The van der Waals surface area contributed by atoms with Crippen molar-refractivity contribution in [3.63, 3.8) is 0 Å². The number of nitrogens with one attached hydrogen (secondary N) is 1. The molecule has 1 amide bonds. The highest BCUT2D eigenvalue weighted by Gasteiger charge is 2.48. The third-order valence-electron chi connectivity index (χ3n) is 7.74. The Labute approximate surface area is 227 Å². The van der Waals surface area contributed by atoms with Crippen molar-refractivity contribution in [2.45, 2.75) is 43.9 Å². The van der Waals surface area contributed by atoms with Crippen molar-refractivity contribution < 1.29 is 19.7 Å². The molecule has 202 valence electrons. The van der Waals surface area contributed by atoms with Gasteiger partial charge in [-0.05, 0) is 61.2 Å². The van der Waals surface area contributed by atoms with E-state index in [1.54, 1.807) is 17.3 Å². The highest BCUT2D eigenvalue weighted by atomic mass is 16.5. The molecular weight excluding hydrogens is 494 g/mol. The molecule has 0 radical (unpaired) electrons. The normalized spacial score (nSPS) is 21.8. The van der Waals surface area contributed by atoms with Crippen LogP contribution >= 0.6 is 0 Å². The number of aliphatic hydroxyl groups is 2. The Balaban J connectivity index is 1.29. The minimum Gasteiger partial charge on any atom is -0.489 e. The van der Waals surface area contributed by atoms with E-state index >= 15 is 0 Å². The lowest BCUT2D eigenvalue weighted by Crippen LogP contribution is -2.54. The summed E-state index contributed by atoms with van der Waals surface area (Å²) in [6, 6.07) is 15.9. The molecular formula is C30H33N5O4. The number of carbonyl (C=O) groups is 1. The summed E-state index contributed by atoms with van der Waals surface area (Å²) in [5.74, 6) is 1.17. The SMILES string of the molecule is CC1(c2ccncc2)NN2CCN(CC(O)CO)C(=O)C2=C1c1ccc(OCc2ccc(C3CC3)nc2)cc1. The summed E-state index contributed by atoms with van der Waals surface area (Å²) in [7, 11) is 0. The van der Waals surface area contributed by atoms with Gasteiger partial charge in [0.2, 0.25) is 0 Å². The fraction of sp³-hybridized carbons (Fsp3) is 0.367. The zero-order valence-corrected chi connectivity index (χ0v) is 22.0. The number of hydrogen-bond donors (Lipinski definition) is 3. The van der Waals surface area contributed by atoms with Gasteiger partial charge >= 0.3 is 0 Å². The molecule has 6 rings (SSSR count). The zero-order chi connectivity index (χ0) is 27.0. The maximum Gasteiger partial charge on any atom is 0.272 e. The van der Waals surface area contributed by atoms with Gasteiger partial charge in [0, 0.05) is 54.4 Å². The van der Waals surface area contributed by atoms with Gasteiger partial charge in [-0.3, -0.25) is 14.8 Å². The molecule has 0 bridgehead atoms. The summed E-state index contributed by atoms with van der Waals surface area (Å²) in [6.07, 6.45) is 6.86. The molecule has 1 aromatic carbocycles. The number of hydrogen-bond acceptors (Lipinski definition) is 8. The number of ether oxygens (including phenoxy) is 1. The van der Waals surface area contributed by atoms with Crippen molar-refractivity contribution in [2.24, 2.45) is 0 Å². The van der Waals surface area contributed by atoms with Crippen molar-refractivity contribution in [3.05, 3.63) is 95.2 Å². The van der Waals surface area contributed by atoms with Crippen LogP contribution in [-0.4, -0.2) is 68.3 Å². The Bertz CT molecular complexity index is 1360. The van der Waals surface area contributed by atoms with Crippen LogP contribution in [0.1, 0.15) is 48.1 Å². The average molecular weight is 528 g/mol. The molecule has 3 N–H and O–H groups in total. The van der Waals surface area contributed by atoms with Gasteiger partial charge in [0.25, 0.3) is 5.91 Å². The molecule has 2 atom stereocenters. The lowest BCUT2D eigenvalue weighted by molar-refractivity contribution is -0.133. The Morgan fingerprint density at radius 2 is 1.87 bits per heavy atom. The second-order valence-electron chi connectivity index (χ2n) is 10.6. The number of nitrogens with zero attached hydrogens (tertiary/aromatic N) is 4. The predicted octanol–water partition coefficient (Wildman–Crippen LogP) is 2.58. The number of carbonyl (C=O) groups excluding carboxylic acids is 1. The minimum absolute atomic E-state index is 0.0786. The molecule has 2 fully saturated rings. The summed E-state index contributed by atoms with van der Waals surface area (Å²) < 4.78 is 6.05. The van der Waals surface area contributed by atoms with Gasteiger partial charge in [0.05, 0.1) is 24.8 Å². The van der Waals surface area contributed by atoms with E-state index in [2.05, 4.69) is 34.5 Å². The summed E-state index contributed by atoms with van der Waals surface area (Å²) >= 11 is 0. The van der Waals surface area contributed by atoms with Crippen LogP contribution in [0.4, 0.5) is 0 Å². The van der Waals surface area contributed by atoms with Gasteiger partial charge in [0.15, 0.2) is 0 Å². The maximum absolute atomic E-state index is 13.7. The first-order chi connectivity index (χ1) is 19.0. The predicted molar refractivity (Wildman–Crippen MR) is 145 cm³/mol. The molecule has 2 aromatic heterocycles. The van der Waals surface area contributed by atoms with E-state index < -0.39 is 18.2 Å². The van der Waals surface area contributed by atoms with Crippen molar-refractivity contribution in [2.75, 3.05) is 26.2 Å². The van der Waals surface area contributed by atoms with Crippen LogP contribution in [0.15, 0.2) is 72.8 Å². The second-order valence-corrected chi connectivity index (χ2v) is 10.6. The van der Waals surface area contributed by atoms with Gasteiger partial charge < -0.3 is 24.9 Å². The van der Waals surface area contributed by atoms with Gasteiger partial charge in [-0.15, -0.1) is 0 Å². The summed E-state index contributed by atoms with van der Waals surface area (Å²) in [5.41, 5.74) is 8.32. The first-order valence-corrected chi connectivity index (χ1v) is 13.4. The van der Waals surface area contributed by atoms with Crippen LogP contribution in [-0.2, 0) is 16.9 Å². The number of rotatable bonds is 9. The minimum atomic E-state index is -0.984. The second kappa shape index (κ2) is 10.4. The highest BCUT2D eigenvalue weighted by molar-refractivity contribution is 6.04. The average Bonchev–Trinajstić information content (AvgIpc) is 3.77. The summed E-state index contributed by atoms with van der Waals surface area (Å²) in [5, 5.41) is 21.3. The van der Waals surface area contributed by atoms with Crippen molar-refractivity contribution in [3.8, 4) is 5.75 Å². The molecule has 1 saturated heterocycles. The van der Waals surface area contributed by atoms with Crippen LogP contribution in [0.2, 0.25) is 0 Å². The van der Waals surface area contributed by atoms with Gasteiger partial charge in [-0.2, -0.15) is 0 Å². The van der Waals surface area contributed by atoms with Gasteiger partial charge in [-0.1, -0.05) is 18.2 Å². The molecule has 2 unspecified atom stereocenters. The number of fused-ring (bicyclic) bond motifs is 1. The van der Waals surface area contributed by atoms with E-state index in [1.807, 2.05) is 47.6 Å². The van der Waals surface area contributed by atoms with Crippen LogP contribution < -0.4 is 10.2 Å². The largest absolute Gasteiger partial charge is 0.489 e. The van der Waals surface area contributed by atoms with Crippen LogP contribution in [0.5, 0.6) is 5.75 Å². The van der Waals surface area contributed by atoms with Crippen LogP contribution in [0, 0.1) is 0 Å². The number of β-amino-alcohol motifs (C(OH)–C–C–N with tert-alkyl or cyclic N) is 1. The zero-order valence-electron chi connectivity index (χ0n) is 22.0. The summed E-state index contributed by atoms with van der Waals surface area (Å²) in [4.78, 5) is 24.1. The Hall–Kier alpha value is -3.79. The Morgan fingerprint density at radius 1 is 1.10 bits per heavy atom. The van der Waals surface area contributed by atoms with E-state index in [1.165, 1.54) is 12.8 Å². The fourth-order valence-electron chi connectivity index (χ4n) is 5.45. The van der Waals surface area contributed by atoms with Gasteiger partial charge in [-0.25, -0.2) is 5.43 Å². The maximum atomic E-state index is 13.7.